The highest BCUT2D eigenvalue weighted by Gasteiger charge is 2.33. The highest BCUT2D eigenvalue weighted by molar-refractivity contribution is 7.98. The first-order valence-electron chi connectivity index (χ1n) is 8.93. The van der Waals surface area contributed by atoms with E-state index in [-0.39, 0.29) is 31.4 Å². The van der Waals surface area contributed by atoms with Crippen molar-refractivity contribution in [3.8, 4) is 0 Å². The average Bonchev–Trinajstić information content (AvgIpc) is 3.02. The Morgan fingerprint density at radius 1 is 1.36 bits per heavy atom. The van der Waals surface area contributed by atoms with Gasteiger partial charge in [-0.2, -0.15) is 0 Å². The Bertz CT molecular complexity index is 778. The molecule has 2 saturated heterocycles. The van der Waals surface area contributed by atoms with Gasteiger partial charge in [-0.3, -0.25) is 14.5 Å². The number of benzene rings is 1. The number of carbonyl (C=O) groups excluding carboxylic acids is 3. The molecule has 3 rings (SSSR count). The van der Waals surface area contributed by atoms with Gasteiger partial charge in [0.25, 0.3) is 0 Å². The third kappa shape index (κ3) is 4.49. The fourth-order valence-corrected chi connectivity index (χ4v) is 3.81. The summed E-state index contributed by atoms with van der Waals surface area (Å²) in [5.74, 6) is -0.114. The van der Waals surface area contributed by atoms with Gasteiger partial charge in [0, 0.05) is 20.0 Å². The molecule has 0 spiro atoms. The number of ether oxygens (including phenoxy) is 1. The van der Waals surface area contributed by atoms with Crippen molar-refractivity contribution in [1.82, 2.24) is 10.2 Å². The highest BCUT2D eigenvalue weighted by atomic mass is 32.2. The molecule has 152 valence electrons. The molecule has 0 bridgehead atoms. The largest absolute Gasteiger partial charge is 0.442 e. The molecule has 28 heavy (non-hydrogen) atoms. The van der Waals surface area contributed by atoms with E-state index in [0.29, 0.717) is 30.3 Å². The van der Waals surface area contributed by atoms with Gasteiger partial charge in [0.1, 0.15) is 11.9 Å². The molecule has 1 aromatic rings. The van der Waals surface area contributed by atoms with Crippen LogP contribution in [-0.2, 0) is 14.3 Å². The third-order valence-electron chi connectivity index (χ3n) is 4.64. The van der Waals surface area contributed by atoms with Gasteiger partial charge < -0.3 is 19.9 Å². The van der Waals surface area contributed by atoms with Crippen LogP contribution in [0.4, 0.5) is 20.6 Å². The highest BCUT2D eigenvalue weighted by Crippen LogP contribution is 2.28. The molecule has 2 aliphatic heterocycles. The smallest absolute Gasteiger partial charge is 0.414 e. The summed E-state index contributed by atoms with van der Waals surface area (Å²) in [4.78, 5) is 40.1. The Hall–Kier alpha value is -2.49. The van der Waals surface area contributed by atoms with E-state index in [4.69, 9.17) is 4.74 Å². The molecule has 2 aliphatic rings. The maximum absolute atomic E-state index is 14.7. The van der Waals surface area contributed by atoms with Gasteiger partial charge in [0.15, 0.2) is 0 Å². The van der Waals surface area contributed by atoms with Gasteiger partial charge in [-0.15, -0.1) is 11.8 Å². The van der Waals surface area contributed by atoms with Crippen molar-refractivity contribution in [1.29, 1.82) is 0 Å². The monoisotopic (exact) mass is 410 g/mol. The molecule has 3 amide bonds. The number of hydrogen-bond donors (Lipinski definition) is 1. The van der Waals surface area contributed by atoms with E-state index in [0.717, 1.165) is 0 Å². The normalized spacial score (nSPS) is 19.8. The number of piperazine rings is 1. The predicted octanol–water partition coefficient (Wildman–Crippen LogP) is 1.26. The van der Waals surface area contributed by atoms with E-state index in [1.807, 2.05) is 6.26 Å². The predicted molar refractivity (Wildman–Crippen MR) is 105 cm³/mol. The minimum atomic E-state index is -0.580. The zero-order valence-corrected chi connectivity index (χ0v) is 16.6. The zero-order valence-electron chi connectivity index (χ0n) is 15.8. The standard InChI is InChI=1S/C18H23FN4O4S/c1-12(24)20-8-14-9-23(18(26)27-14)13-3-4-16(15(19)7-13)21-5-6-22(11-28-2)17(25)10-21/h3-4,7,14H,5-6,8-11H2,1-2H3,(H,20,24)/t14-/m0/s1. The van der Waals surface area contributed by atoms with Crippen molar-refractivity contribution in [3.05, 3.63) is 24.0 Å². The molecule has 0 unspecified atom stereocenters. The molecule has 0 saturated carbocycles. The van der Waals surface area contributed by atoms with Crippen molar-refractivity contribution in [2.75, 3.05) is 54.7 Å². The number of cyclic esters (lactones) is 1. The first-order chi connectivity index (χ1) is 13.4. The van der Waals surface area contributed by atoms with Crippen LogP contribution in [0.15, 0.2) is 18.2 Å². The molecule has 2 heterocycles. The minimum absolute atomic E-state index is 0.0342. The summed E-state index contributed by atoms with van der Waals surface area (Å²) in [5, 5.41) is 2.60. The Kier molecular flexibility index (Phi) is 6.28. The van der Waals surface area contributed by atoms with Crippen LogP contribution in [0.25, 0.3) is 0 Å². The number of rotatable bonds is 6. The van der Waals surface area contributed by atoms with Gasteiger partial charge in [-0.25, -0.2) is 9.18 Å². The van der Waals surface area contributed by atoms with Gasteiger partial charge in [-0.1, -0.05) is 0 Å². The fraction of sp³-hybridized carbons (Fsp3) is 0.500. The summed E-state index contributed by atoms with van der Waals surface area (Å²) in [7, 11) is 0. The molecule has 0 radical (unpaired) electrons. The van der Waals surface area contributed by atoms with Crippen LogP contribution in [0.2, 0.25) is 0 Å². The Balaban J connectivity index is 1.67. The summed E-state index contributed by atoms with van der Waals surface area (Å²) in [6.07, 6.45) is 0.868. The van der Waals surface area contributed by atoms with Crippen LogP contribution in [0, 0.1) is 5.82 Å². The lowest BCUT2D eigenvalue weighted by Crippen LogP contribution is -2.50. The molecule has 0 aliphatic carbocycles. The summed E-state index contributed by atoms with van der Waals surface area (Å²) < 4.78 is 19.9. The molecule has 1 N–H and O–H groups in total. The van der Waals surface area contributed by atoms with Crippen LogP contribution in [0.5, 0.6) is 0 Å². The fourth-order valence-electron chi connectivity index (χ4n) is 3.22. The average molecular weight is 410 g/mol. The Morgan fingerprint density at radius 3 is 2.79 bits per heavy atom. The second kappa shape index (κ2) is 8.68. The number of carbonyl (C=O) groups is 3. The molecule has 10 heteroatoms. The molecule has 8 nitrogen and oxygen atoms in total. The number of halogens is 1. The maximum Gasteiger partial charge on any atom is 0.414 e. The maximum atomic E-state index is 14.7. The lowest BCUT2D eigenvalue weighted by atomic mass is 10.2. The Morgan fingerprint density at radius 2 is 2.14 bits per heavy atom. The molecule has 1 aromatic carbocycles. The number of nitrogens with one attached hydrogen (secondary N) is 1. The van der Waals surface area contributed by atoms with E-state index in [9.17, 15) is 18.8 Å². The number of hydrogen-bond acceptors (Lipinski definition) is 6. The Labute approximate surface area is 167 Å². The van der Waals surface area contributed by atoms with Crippen molar-refractivity contribution in [3.63, 3.8) is 0 Å². The zero-order chi connectivity index (χ0) is 20.3. The van der Waals surface area contributed by atoms with Crippen molar-refractivity contribution in [2.45, 2.75) is 13.0 Å². The SMILES string of the molecule is CSCN1CCN(c2ccc(N3C[C@H](CNC(C)=O)OC3=O)cc2F)CC1=O. The van der Waals surface area contributed by atoms with E-state index >= 15 is 0 Å². The molecular formula is C18H23FN4O4S. The van der Waals surface area contributed by atoms with E-state index in [2.05, 4.69) is 5.32 Å². The summed E-state index contributed by atoms with van der Waals surface area (Å²) in [5.41, 5.74) is 0.715. The number of thioether (sulfide) groups is 1. The van der Waals surface area contributed by atoms with Gasteiger partial charge >= 0.3 is 6.09 Å². The van der Waals surface area contributed by atoms with Crippen LogP contribution in [-0.4, -0.2) is 73.8 Å². The van der Waals surface area contributed by atoms with Crippen LogP contribution in [0.1, 0.15) is 6.92 Å². The summed E-state index contributed by atoms with van der Waals surface area (Å²) in [6.45, 7) is 3.04. The summed E-state index contributed by atoms with van der Waals surface area (Å²) in [6, 6.07) is 4.49. The topological polar surface area (TPSA) is 82.2 Å². The van der Waals surface area contributed by atoms with E-state index < -0.39 is 18.0 Å². The van der Waals surface area contributed by atoms with Crippen LogP contribution in [0.3, 0.4) is 0 Å². The lowest BCUT2D eigenvalue weighted by Gasteiger charge is -2.35. The third-order valence-corrected chi connectivity index (χ3v) is 5.21. The van der Waals surface area contributed by atoms with Crippen LogP contribution < -0.4 is 15.1 Å². The second-order valence-corrected chi connectivity index (χ2v) is 7.52. The van der Waals surface area contributed by atoms with E-state index in [1.165, 1.54) is 17.9 Å². The number of amides is 3. The molecule has 1 atom stereocenters. The van der Waals surface area contributed by atoms with Crippen molar-refractivity contribution < 1.29 is 23.5 Å². The van der Waals surface area contributed by atoms with Gasteiger partial charge in [-0.05, 0) is 24.5 Å². The van der Waals surface area contributed by atoms with Crippen molar-refractivity contribution in [2.24, 2.45) is 0 Å². The molecule has 0 aromatic heterocycles. The van der Waals surface area contributed by atoms with E-state index in [1.54, 1.807) is 33.7 Å². The molecular weight excluding hydrogens is 387 g/mol. The first-order valence-corrected chi connectivity index (χ1v) is 10.3. The quantitative estimate of drug-likeness (QED) is 0.760. The van der Waals surface area contributed by atoms with Gasteiger partial charge in [0.05, 0.1) is 36.9 Å². The van der Waals surface area contributed by atoms with Gasteiger partial charge in [0.2, 0.25) is 11.8 Å². The number of nitrogens with zero attached hydrogens (tertiary/aromatic N) is 3. The van der Waals surface area contributed by atoms with Crippen molar-refractivity contribution >= 4 is 41.0 Å². The lowest BCUT2D eigenvalue weighted by molar-refractivity contribution is -0.130. The minimum Gasteiger partial charge on any atom is -0.442 e. The first kappa shape index (κ1) is 20.2. The number of anilines is 2. The second-order valence-electron chi connectivity index (χ2n) is 6.69. The summed E-state index contributed by atoms with van der Waals surface area (Å²) >= 11 is 1.57. The van der Waals surface area contributed by atoms with Crippen LogP contribution >= 0.6 is 11.8 Å². The molecule has 2 fully saturated rings.